The van der Waals surface area contributed by atoms with Gasteiger partial charge in [0.1, 0.15) is 0 Å². The first-order valence-corrected chi connectivity index (χ1v) is 14.4. The van der Waals surface area contributed by atoms with Crippen LogP contribution in [0.25, 0.3) is 0 Å². The van der Waals surface area contributed by atoms with Gasteiger partial charge in [0.25, 0.3) is 0 Å². The average molecular weight is 483 g/mol. The van der Waals surface area contributed by atoms with Crippen molar-refractivity contribution in [1.29, 1.82) is 0 Å². The van der Waals surface area contributed by atoms with E-state index in [1.165, 1.54) is 0 Å². The minimum atomic E-state index is -3.86. The van der Waals surface area contributed by atoms with Crippen molar-refractivity contribution in [3.05, 3.63) is 114 Å². The van der Waals surface area contributed by atoms with Crippen molar-refractivity contribution in [3.63, 3.8) is 0 Å². The Morgan fingerprint density at radius 2 is 0.714 bits per heavy atom. The Bertz CT molecular complexity index is 1200. The molecule has 0 fully saturated rings. The summed E-state index contributed by atoms with van der Waals surface area (Å²) >= 11 is 0. The third-order valence-electron chi connectivity index (χ3n) is 6.93. The fraction of sp³-hybridized carbons (Fsp3) is 0.250. The van der Waals surface area contributed by atoms with E-state index in [-0.39, 0.29) is 10.8 Å². The summed E-state index contributed by atoms with van der Waals surface area (Å²) in [6, 6.07) is 36.1. The van der Waals surface area contributed by atoms with Gasteiger partial charge in [-0.05, 0) is 0 Å². The molecular weight excluding hydrogens is 447 g/mol. The Labute approximate surface area is 210 Å². The van der Waals surface area contributed by atoms with Crippen LogP contribution in [-0.4, -0.2) is 0 Å². The second kappa shape index (κ2) is 7.97. The van der Waals surface area contributed by atoms with E-state index < -0.39 is 7.06 Å². The number of hydrogen-bond donors (Lipinski definition) is 0. The maximum atomic E-state index is 7.54. The van der Waals surface area contributed by atoms with Crippen molar-refractivity contribution >= 4 is 23.0 Å². The Hall–Kier alpha value is -3.09. The van der Waals surface area contributed by atoms with Gasteiger partial charge in [0, 0.05) is 0 Å². The van der Waals surface area contributed by atoms with Crippen molar-refractivity contribution in [2.45, 2.75) is 52.4 Å². The second-order valence-corrected chi connectivity index (χ2v) is 15.3. The fourth-order valence-corrected chi connectivity index (χ4v) is 9.92. The quantitative estimate of drug-likeness (QED) is 0.283. The van der Waals surface area contributed by atoms with E-state index in [4.69, 9.17) is 9.05 Å². The van der Waals surface area contributed by atoms with E-state index in [0.29, 0.717) is 0 Å². The summed E-state index contributed by atoms with van der Waals surface area (Å²) < 4.78 is 15.1. The zero-order valence-electron chi connectivity index (χ0n) is 21.6. The van der Waals surface area contributed by atoms with Crippen LogP contribution in [0.1, 0.15) is 52.7 Å². The summed E-state index contributed by atoms with van der Waals surface area (Å²) in [7, 11) is -3.86. The van der Waals surface area contributed by atoms with Gasteiger partial charge in [-0.25, -0.2) is 0 Å². The number of hydrogen-bond acceptors (Lipinski definition) is 2. The average Bonchev–Trinajstić information content (AvgIpc) is 3.23. The van der Waals surface area contributed by atoms with Gasteiger partial charge in [0.05, 0.1) is 0 Å². The summed E-state index contributed by atoms with van der Waals surface area (Å²) in [5.74, 6) is 1.75. The summed E-state index contributed by atoms with van der Waals surface area (Å²) in [5.41, 5.74) is 2.10. The Kier molecular flexibility index (Phi) is 5.38. The van der Waals surface area contributed by atoms with Crippen molar-refractivity contribution in [2.24, 2.45) is 0 Å². The number of rotatable bonds is 3. The molecule has 0 spiro atoms. The van der Waals surface area contributed by atoms with Gasteiger partial charge in [0.2, 0.25) is 0 Å². The predicted octanol–water partition coefficient (Wildman–Crippen LogP) is 7.41. The topological polar surface area (TPSA) is 18.5 Å². The molecule has 4 aromatic rings. The molecule has 0 N–H and O–H groups in total. The molecule has 0 aliphatic carbocycles. The van der Waals surface area contributed by atoms with E-state index in [9.17, 15) is 0 Å². The molecule has 1 aliphatic heterocycles. The van der Waals surface area contributed by atoms with Crippen LogP contribution in [0.4, 0.5) is 0 Å². The molecule has 4 aromatic carbocycles. The van der Waals surface area contributed by atoms with Gasteiger partial charge in [-0.2, -0.15) is 0 Å². The third-order valence-corrected chi connectivity index (χ3v) is 11.7. The van der Waals surface area contributed by atoms with Crippen LogP contribution in [0, 0.1) is 0 Å². The van der Waals surface area contributed by atoms with Crippen LogP contribution < -0.4 is 25.0 Å². The van der Waals surface area contributed by atoms with Crippen LogP contribution >= 0.6 is 7.06 Å². The maximum absolute atomic E-state index is 7.54. The standard InChI is InChI=1S/C32H35O2P/c1-31(2,3)27-22-23-28(32(4,5)6)30-29(27)33-35(34-30,24-16-10-7-11-17-24,25-18-12-8-13-19-25)26-20-14-9-15-21-26/h7-23H,1-6H3. The van der Waals surface area contributed by atoms with Gasteiger partial charge >= 0.3 is 210 Å². The molecule has 35 heavy (non-hydrogen) atoms. The van der Waals surface area contributed by atoms with E-state index in [1.54, 1.807) is 0 Å². The van der Waals surface area contributed by atoms with Gasteiger partial charge < -0.3 is 0 Å². The van der Waals surface area contributed by atoms with Gasteiger partial charge in [-0.15, -0.1) is 0 Å². The molecule has 0 saturated carbocycles. The van der Waals surface area contributed by atoms with Crippen LogP contribution in [0.2, 0.25) is 0 Å². The molecule has 0 unspecified atom stereocenters. The van der Waals surface area contributed by atoms with Crippen molar-refractivity contribution in [3.8, 4) is 11.5 Å². The number of fused-ring (bicyclic) bond motifs is 1. The molecule has 0 radical (unpaired) electrons. The monoisotopic (exact) mass is 482 g/mol. The van der Waals surface area contributed by atoms with E-state index in [0.717, 1.165) is 38.5 Å². The second-order valence-electron chi connectivity index (χ2n) is 11.5. The van der Waals surface area contributed by atoms with Crippen molar-refractivity contribution in [2.75, 3.05) is 0 Å². The normalized spacial score (nSPS) is 17.4. The Morgan fingerprint density at radius 3 is 0.971 bits per heavy atom. The molecule has 3 heteroatoms. The summed E-state index contributed by atoms with van der Waals surface area (Å²) in [6.07, 6.45) is 0. The molecule has 0 bridgehead atoms. The van der Waals surface area contributed by atoms with Crippen molar-refractivity contribution in [1.82, 2.24) is 0 Å². The molecule has 0 atom stereocenters. The summed E-state index contributed by atoms with van der Waals surface area (Å²) in [6.45, 7) is 13.4. The molecule has 2 nitrogen and oxygen atoms in total. The number of benzene rings is 4. The van der Waals surface area contributed by atoms with Gasteiger partial charge in [-0.1, -0.05) is 0 Å². The minimum absolute atomic E-state index is 0.113. The molecule has 5 rings (SSSR count). The molecule has 1 heterocycles. The Balaban J connectivity index is 1.97. The predicted molar refractivity (Wildman–Crippen MR) is 150 cm³/mol. The summed E-state index contributed by atoms with van der Waals surface area (Å²) in [4.78, 5) is 0. The third kappa shape index (κ3) is 3.50. The molecule has 180 valence electrons. The first-order chi connectivity index (χ1) is 16.6. The first kappa shape index (κ1) is 23.6. The zero-order valence-corrected chi connectivity index (χ0v) is 22.5. The van der Waals surface area contributed by atoms with E-state index in [1.807, 2.05) is 0 Å². The van der Waals surface area contributed by atoms with Crippen molar-refractivity contribution < 1.29 is 9.05 Å². The molecule has 1 aliphatic rings. The Morgan fingerprint density at radius 1 is 0.429 bits per heavy atom. The van der Waals surface area contributed by atoms with Crippen LogP contribution in [0.3, 0.4) is 0 Å². The van der Waals surface area contributed by atoms with Gasteiger partial charge in [0.15, 0.2) is 0 Å². The van der Waals surface area contributed by atoms with Crippen LogP contribution in [0.5, 0.6) is 11.5 Å². The molecular formula is C32H35O2P. The van der Waals surface area contributed by atoms with E-state index in [2.05, 4.69) is 145 Å². The summed E-state index contributed by atoms with van der Waals surface area (Å²) in [5, 5.41) is 3.19. The van der Waals surface area contributed by atoms with Gasteiger partial charge in [-0.3, -0.25) is 0 Å². The first-order valence-electron chi connectivity index (χ1n) is 12.3. The van der Waals surface area contributed by atoms with E-state index >= 15 is 0 Å². The fourth-order valence-electron chi connectivity index (χ4n) is 5.15. The molecule has 0 aromatic heterocycles. The molecule has 0 saturated heterocycles. The zero-order chi connectivity index (χ0) is 24.9. The van der Waals surface area contributed by atoms with Crippen LogP contribution in [0.15, 0.2) is 103 Å². The molecule has 0 amide bonds. The van der Waals surface area contributed by atoms with Crippen LogP contribution in [-0.2, 0) is 10.8 Å². The SMILES string of the molecule is CC(C)(C)c1ccc(C(C)(C)C)c2c1OP(c1ccccc1)(c1ccccc1)(c1ccccc1)O2.